The molecule has 0 saturated carbocycles. The first-order valence-electron chi connectivity index (χ1n) is 3.75. The van der Waals surface area contributed by atoms with Crippen LogP contribution in [-0.2, 0) is 6.42 Å². The Labute approximate surface area is 84.0 Å². The van der Waals surface area contributed by atoms with E-state index in [9.17, 15) is 8.78 Å². The molecule has 0 spiro atoms. The van der Waals surface area contributed by atoms with Gasteiger partial charge in [-0.25, -0.2) is 8.78 Å². The highest BCUT2D eigenvalue weighted by molar-refractivity contribution is 8.21. The molecule has 1 heterocycles. The molecule has 1 aromatic heterocycles. The largest absolute Gasteiger partial charge is 0.280 e. The molecule has 0 fully saturated rings. The first kappa shape index (κ1) is 10.7. The highest BCUT2D eigenvalue weighted by Gasteiger charge is 2.11. The lowest BCUT2D eigenvalue weighted by Crippen LogP contribution is -1.96. The topological polar surface area (TPSA) is 12.9 Å². The third-order valence-corrected chi connectivity index (χ3v) is 2.63. The number of aromatic nitrogens is 1. The van der Waals surface area contributed by atoms with E-state index in [-0.39, 0.29) is 5.69 Å². The highest BCUT2D eigenvalue weighted by Crippen LogP contribution is 2.27. The number of nitrogens with zero attached hydrogens (tertiary/aromatic N) is 1. The third kappa shape index (κ3) is 2.54. The van der Waals surface area contributed by atoms with E-state index in [0.29, 0.717) is 12.1 Å². The summed E-state index contributed by atoms with van der Waals surface area (Å²) >= 11 is 0. The smallest absolute Gasteiger partial charge is 0.251 e. The molecule has 1 rings (SSSR count). The van der Waals surface area contributed by atoms with E-state index < -0.39 is 6.43 Å². The van der Waals surface area contributed by atoms with E-state index in [1.54, 1.807) is 6.07 Å². The minimum absolute atomic E-state index is 0.189. The van der Waals surface area contributed by atoms with Crippen molar-refractivity contribution in [2.75, 3.05) is 0 Å². The predicted octanol–water partition coefficient (Wildman–Crippen LogP) is 3.83. The van der Waals surface area contributed by atoms with Crippen LogP contribution in [-0.4, -0.2) is 4.98 Å². The maximum absolute atomic E-state index is 12.2. The minimum Gasteiger partial charge on any atom is -0.251 e. The van der Waals surface area contributed by atoms with Crippen LogP contribution in [0.2, 0.25) is 0 Å². The second-order valence-electron chi connectivity index (χ2n) is 2.41. The molecule has 0 aliphatic heterocycles. The Kier molecular flexibility index (Phi) is 3.93. The van der Waals surface area contributed by atoms with E-state index in [1.807, 2.05) is 6.92 Å². The molecule has 1 nitrogen and oxygen atoms in total. The van der Waals surface area contributed by atoms with Crippen molar-refractivity contribution in [1.29, 1.82) is 0 Å². The van der Waals surface area contributed by atoms with Crippen LogP contribution in [0.15, 0.2) is 17.0 Å². The monoisotopic (exact) mass is 223 g/mol. The normalized spacial score (nSPS) is 10.8. The number of alkyl halides is 2. The number of rotatable bonds is 3. The zero-order chi connectivity index (χ0) is 9.84. The third-order valence-electron chi connectivity index (χ3n) is 1.60. The van der Waals surface area contributed by atoms with Gasteiger partial charge in [0.25, 0.3) is 6.43 Å². The maximum Gasteiger partial charge on any atom is 0.280 e. The molecule has 72 valence electrons. The molecule has 0 aliphatic carbocycles. The fourth-order valence-electron chi connectivity index (χ4n) is 0.951. The Balaban J connectivity index is 3.05. The molecule has 0 N–H and O–H groups in total. The molecule has 0 atom stereocenters. The summed E-state index contributed by atoms with van der Waals surface area (Å²) in [6.07, 6.45) is -1.91. The van der Waals surface area contributed by atoms with Gasteiger partial charge in [0.1, 0.15) is 5.69 Å². The highest BCUT2D eigenvalue weighted by atomic mass is 35.7. The Morgan fingerprint density at radius 3 is 2.69 bits per heavy atom. The maximum atomic E-state index is 12.2. The first-order valence-corrected chi connectivity index (χ1v) is 5.39. The molecular weight excluding hydrogens is 216 g/mol. The van der Waals surface area contributed by atoms with Gasteiger partial charge in [0.2, 0.25) is 0 Å². The second-order valence-corrected chi connectivity index (χ2v) is 3.47. The molecule has 13 heavy (non-hydrogen) atoms. The van der Waals surface area contributed by atoms with Crippen LogP contribution >= 0.6 is 21.7 Å². The quantitative estimate of drug-likeness (QED) is 0.773. The summed E-state index contributed by atoms with van der Waals surface area (Å²) in [5.74, 6) is 0. The predicted molar refractivity (Wildman–Crippen MR) is 50.3 cm³/mol. The van der Waals surface area contributed by atoms with Gasteiger partial charge in [-0.15, -0.1) is 0 Å². The van der Waals surface area contributed by atoms with Crippen molar-refractivity contribution in [3.8, 4) is 0 Å². The molecule has 0 amide bonds. The Bertz CT molecular complexity index is 293. The van der Waals surface area contributed by atoms with Gasteiger partial charge in [-0.1, -0.05) is 6.92 Å². The summed E-state index contributed by atoms with van der Waals surface area (Å²) in [6, 6.07) is 2.87. The lowest BCUT2D eigenvalue weighted by Gasteiger charge is -2.05. The second kappa shape index (κ2) is 4.77. The lowest BCUT2D eigenvalue weighted by atomic mass is 10.2. The van der Waals surface area contributed by atoms with Gasteiger partial charge in [0, 0.05) is 4.90 Å². The van der Waals surface area contributed by atoms with Gasteiger partial charge < -0.3 is 0 Å². The van der Waals surface area contributed by atoms with Crippen LogP contribution in [0.1, 0.15) is 24.7 Å². The molecular formula is C8H8ClF2NS. The van der Waals surface area contributed by atoms with Gasteiger partial charge in [0.05, 0.1) is 5.69 Å². The molecule has 0 aliphatic rings. The van der Waals surface area contributed by atoms with Crippen LogP contribution in [0.25, 0.3) is 0 Å². The van der Waals surface area contributed by atoms with Crippen molar-refractivity contribution >= 4 is 21.7 Å². The van der Waals surface area contributed by atoms with Gasteiger partial charge in [-0.2, -0.15) is 0 Å². The number of hydrogen-bond donors (Lipinski definition) is 0. The van der Waals surface area contributed by atoms with E-state index in [1.165, 1.54) is 6.07 Å². The van der Waals surface area contributed by atoms with Crippen LogP contribution in [0.4, 0.5) is 8.78 Å². The molecule has 1 aromatic rings. The van der Waals surface area contributed by atoms with Crippen LogP contribution in [0.3, 0.4) is 0 Å². The summed E-state index contributed by atoms with van der Waals surface area (Å²) in [5.41, 5.74) is 0.434. The fourth-order valence-corrected chi connectivity index (χ4v) is 1.77. The van der Waals surface area contributed by atoms with E-state index in [4.69, 9.17) is 10.7 Å². The van der Waals surface area contributed by atoms with Crippen molar-refractivity contribution in [2.45, 2.75) is 24.7 Å². The molecule has 0 radical (unpaired) electrons. The van der Waals surface area contributed by atoms with Crippen molar-refractivity contribution in [1.82, 2.24) is 4.98 Å². The number of hydrogen-bond acceptors (Lipinski definition) is 2. The van der Waals surface area contributed by atoms with Gasteiger partial charge in [-0.05, 0) is 40.2 Å². The molecule has 0 unspecified atom stereocenters. The van der Waals surface area contributed by atoms with Gasteiger partial charge in [-0.3, -0.25) is 4.98 Å². The summed E-state index contributed by atoms with van der Waals surface area (Å²) in [7, 11) is 6.54. The number of halogens is 3. The average Bonchev–Trinajstić information content (AvgIpc) is 2.16. The van der Waals surface area contributed by atoms with E-state index >= 15 is 0 Å². The molecule has 0 bridgehead atoms. The fraction of sp³-hybridized carbons (Fsp3) is 0.375. The first-order chi connectivity index (χ1) is 6.19. The van der Waals surface area contributed by atoms with Gasteiger partial charge in [0.15, 0.2) is 0 Å². The number of pyridine rings is 1. The van der Waals surface area contributed by atoms with E-state index in [0.717, 1.165) is 15.9 Å². The van der Waals surface area contributed by atoms with Crippen molar-refractivity contribution in [2.24, 2.45) is 0 Å². The van der Waals surface area contributed by atoms with E-state index in [2.05, 4.69) is 4.98 Å². The Morgan fingerprint density at radius 1 is 1.54 bits per heavy atom. The average molecular weight is 224 g/mol. The summed E-state index contributed by atoms with van der Waals surface area (Å²) in [5, 5.41) is 0. The SMILES string of the molecule is CCc1nc(C(F)F)ccc1SCl. The zero-order valence-corrected chi connectivity index (χ0v) is 8.50. The van der Waals surface area contributed by atoms with Crippen molar-refractivity contribution in [3.05, 3.63) is 23.5 Å². The summed E-state index contributed by atoms with van der Waals surface area (Å²) in [6.45, 7) is 1.86. The Morgan fingerprint density at radius 2 is 2.23 bits per heavy atom. The van der Waals surface area contributed by atoms with Crippen molar-refractivity contribution < 1.29 is 8.78 Å². The van der Waals surface area contributed by atoms with Crippen molar-refractivity contribution in [3.63, 3.8) is 0 Å². The molecule has 0 saturated heterocycles. The standard InChI is InChI=1S/C8H8ClF2NS/c1-2-5-7(13-9)4-3-6(12-5)8(10)11/h3-4,8H,2H2,1H3. The van der Waals surface area contributed by atoms with Crippen LogP contribution < -0.4 is 0 Å². The molecule has 5 heteroatoms. The number of aryl methyl sites for hydroxylation is 1. The summed E-state index contributed by atoms with van der Waals surface area (Å²) < 4.78 is 24.4. The summed E-state index contributed by atoms with van der Waals surface area (Å²) in [4.78, 5) is 4.55. The lowest BCUT2D eigenvalue weighted by molar-refractivity contribution is 0.145. The van der Waals surface area contributed by atoms with Gasteiger partial charge >= 0.3 is 0 Å². The minimum atomic E-state index is -2.51. The molecule has 0 aromatic carbocycles. The van der Waals surface area contributed by atoms with Crippen LogP contribution in [0.5, 0.6) is 0 Å². The van der Waals surface area contributed by atoms with Crippen LogP contribution in [0, 0.1) is 0 Å². The zero-order valence-electron chi connectivity index (χ0n) is 6.93. The Hall–Kier alpha value is -0.350.